The van der Waals surface area contributed by atoms with Crippen LogP contribution in [0.2, 0.25) is 0 Å². The Balaban J connectivity index is 1.60. The Labute approximate surface area is 118 Å². The predicted octanol–water partition coefficient (Wildman–Crippen LogP) is 1.99. The average molecular weight is 269 g/mol. The van der Waals surface area contributed by atoms with Crippen LogP contribution in [0.5, 0.6) is 0 Å². The van der Waals surface area contributed by atoms with Crippen molar-refractivity contribution >= 4 is 11.6 Å². The smallest absolute Gasteiger partial charge is 0.243 e. The predicted molar refractivity (Wildman–Crippen MR) is 79.6 cm³/mol. The van der Waals surface area contributed by atoms with E-state index in [9.17, 15) is 4.79 Å². The van der Waals surface area contributed by atoms with E-state index in [1.807, 2.05) is 31.3 Å². The highest BCUT2D eigenvalue weighted by atomic mass is 16.2. The Hall–Kier alpha value is -2.23. The Bertz CT molecular complexity index is 620. The second-order valence-corrected chi connectivity index (χ2v) is 5.30. The van der Waals surface area contributed by atoms with Gasteiger partial charge in [0.2, 0.25) is 5.91 Å². The third-order valence-corrected chi connectivity index (χ3v) is 4.01. The summed E-state index contributed by atoms with van der Waals surface area (Å²) in [6.07, 6.45) is 0.758. The number of anilines is 1. The lowest BCUT2D eigenvalue weighted by Gasteiger charge is -2.12. The second kappa shape index (κ2) is 5.04. The molecule has 1 aromatic heterocycles. The first-order valence-electron chi connectivity index (χ1n) is 6.88. The summed E-state index contributed by atoms with van der Waals surface area (Å²) < 4.78 is 2.09. The number of aryl methyl sites for hydroxylation is 1. The lowest BCUT2D eigenvalue weighted by molar-refractivity contribution is -0.121. The van der Waals surface area contributed by atoms with Crippen molar-refractivity contribution in [2.24, 2.45) is 7.05 Å². The average Bonchev–Trinajstić information content (AvgIpc) is 3.02. The molecule has 1 atom stereocenters. The number of para-hydroxylation sites is 1. The van der Waals surface area contributed by atoms with Crippen LogP contribution in [0.15, 0.2) is 36.4 Å². The van der Waals surface area contributed by atoms with Gasteiger partial charge in [-0.15, -0.1) is 0 Å². The summed E-state index contributed by atoms with van der Waals surface area (Å²) in [5, 5.41) is 6.28. The van der Waals surface area contributed by atoms with Crippen LogP contribution in [0.1, 0.15) is 17.0 Å². The molecule has 0 saturated heterocycles. The number of fused-ring (bicyclic) bond motifs is 1. The van der Waals surface area contributed by atoms with Crippen molar-refractivity contribution < 1.29 is 4.79 Å². The molecule has 0 bridgehead atoms. The van der Waals surface area contributed by atoms with Crippen LogP contribution in [-0.2, 0) is 24.8 Å². The van der Waals surface area contributed by atoms with Gasteiger partial charge in [-0.1, -0.05) is 18.2 Å². The number of carbonyl (C=O) groups excluding carboxylic acids is 1. The third-order valence-electron chi connectivity index (χ3n) is 4.01. The summed E-state index contributed by atoms with van der Waals surface area (Å²) in [7, 11) is 2.01. The van der Waals surface area contributed by atoms with Gasteiger partial charge in [0.05, 0.1) is 6.54 Å². The zero-order valence-electron chi connectivity index (χ0n) is 11.8. The van der Waals surface area contributed by atoms with E-state index in [0.29, 0.717) is 6.54 Å². The van der Waals surface area contributed by atoms with Gasteiger partial charge in [-0.25, -0.2) is 0 Å². The fourth-order valence-corrected chi connectivity index (χ4v) is 2.60. The first-order chi connectivity index (χ1) is 9.65. The summed E-state index contributed by atoms with van der Waals surface area (Å²) in [6.45, 7) is 2.62. The van der Waals surface area contributed by atoms with Gasteiger partial charge >= 0.3 is 0 Å². The van der Waals surface area contributed by atoms with E-state index in [0.717, 1.165) is 17.8 Å². The minimum atomic E-state index is -0.159. The van der Waals surface area contributed by atoms with Crippen LogP contribution in [0, 0.1) is 6.92 Å². The fourth-order valence-electron chi connectivity index (χ4n) is 2.60. The number of carbonyl (C=O) groups is 1. The monoisotopic (exact) mass is 269 g/mol. The second-order valence-electron chi connectivity index (χ2n) is 5.30. The third kappa shape index (κ3) is 2.29. The molecular formula is C16H19N3O. The molecule has 104 valence electrons. The highest BCUT2D eigenvalue weighted by molar-refractivity contribution is 5.87. The van der Waals surface area contributed by atoms with Gasteiger partial charge in [0, 0.05) is 30.5 Å². The molecule has 0 saturated carbocycles. The Morgan fingerprint density at radius 1 is 1.35 bits per heavy atom. The molecule has 0 aliphatic carbocycles. The van der Waals surface area contributed by atoms with E-state index >= 15 is 0 Å². The fraction of sp³-hybridized carbons (Fsp3) is 0.312. The van der Waals surface area contributed by atoms with E-state index in [-0.39, 0.29) is 11.9 Å². The summed E-state index contributed by atoms with van der Waals surface area (Å²) in [4.78, 5) is 12.2. The standard InChI is InChI=1S/C16H19N3O/c1-11-7-8-13(19(11)2)10-17-16(20)15-9-12-5-3-4-6-14(12)18-15/h3-8,15,18H,9-10H2,1-2H3,(H,17,20)/t15-/m0/s1. The largest absolute Gasteiger partial charge is 0.373 e. The molecule has 1 aliphatic rings. The van der Waals surface area contributed by atoms with Crippen molar-refractivity contribution in [3.8, 4) is 0 Å². The number of hydrogen-bond acceptors (Lipinski definition) is 2. The molecule has 3 rings (SSSR count). The summed E-state index contributed by atoms with van der Waals surface area (Å²) in [5.41, 5.74) is 4.59. The number of rotatable bonds is 3. The molecular weight excluding hydrogens is 250 g/mol. The molecule has 2 N–H and O–H groups in total. The number of nitrogens with zero attached hydrogens (tertiary/aromatic N) is 1. The SMILES string of the molecule is Cc1ccc(CNC(=O)[C@@H]2Cc3ccccc3N2)n1C. The zero-order chi connectivity index (χ0) is 14.1. The summed E-state index contributed by atoms with van der Waals surface area (Å²) in [5.74, 6) is 0.0556. The van der Waals surface area contributed by atoms with Crippen molar-refractivity contribution in [1.29, 1.82) is 0 Å². The number of amides is 1. The molecule has 0 spiro atoms. The maximum Gasteiger partial charge on any atom is 0.243 e. The Morgan fingerprint density at radius 3 is 2.85 bits per heavy atom. The molecule has 1 amide bonds. The number of aromatic nitrogens is 1. The zero-order valence-corrected chi connectivity index (χ0v) is 11.8. The molecule has 0 radical (unpaired) electrons. The molecule has 20 heavy (non-hydrogen) atoms. The quantitative estimate of drug-likeness (QED) is 0.895. The van der Waals surface area contributed by atoms with Gasteiger partial charge in [-0.3, -0.25) is 4.79 Å². The van der Waals surface area contributed by atoms with Crippen molar-refractivity contribution in [3.05, 3.63) is 53.3 Å². The first kappa shape index (κ1) is 12.8. The van der Waals surface area contributed by atoms with E-state index in [4.69, 9.17) is 0 Å². The van der Waals surface area contributed by atoms with Crippen LogP contribution in [0.25, 0.3) is 0 Å². The van der Waals surface area contributed by atoms with Crippen molar-refractivity contribution in [3.63, 3.8) is 0 Å². The molecule has 1 aromatic carbocycles. The van der Waals surface area contributed by atoms with Crippen LogP contribution in [-0.4, -0.2) is 16.5 Å². The first-order valence-corrected chi connectivity index (χ1v) is 6.88. The topological polar surface area (TPSA) is 46.1 Å². The Morgan fingerprint density at radius 2 is 2.15 bits per heavy atom. The molecule has 1 aliphatic heterocycles. The van der Waals surface area contributed by atoms with Crippen LogP contribution >= 0.6 is 0 Å². The lowest BCUT2D eigenvalue weighted by Crippen LogP contribution is -2.38. The molecule has 2 heterocycles. The molecule has 0 unspecified atom stereocenters. The Kier molecular flexibility index (Phi) is 3.22. The van der Waals surface area contributed by atoms with Crippen molar-refractivity contribution in [2.45, 2.75) is 25.9 Å². The normalized spacial score (nSPS) is 16.6. The van der Waals surface area contributed by atoms with Gasteiger partial charge in [0.15, 0.2) is 0 Å². The van der Waals surface area contributed by atoms with E-state index in [1.165, 1.54) is 11.3 Å². The van der Waals surface area contributed by atoms with Gasteiger partial charge in [-0.05, 0) is 30.7 Å². The molecule has 0 fully saturated rings. The maximum absolute atomic E-state index is 12.2. The summed E-state index contributed by atoms with van der Waals surface area (Å²) in [6, 6.07) is 12.0. The van der Waals surface area contributed by atoms with Gasteiger partial charge < -0.3 is 15.2 Å². The summed E-state index contributed by atoms with van der Waals surface area (Å²) >= 11 is 0. The molecule has 4 nitrogen and oxygen atoms in total. The van der Waals surface area contributed by atoms with Gasteiger partial charge in [0.1, 0.15) is 6.04 Å². The highest BCUT2D eigenvalue weighted by Gasteiger charge is 2.25. The van der Waals surface area contributed by atoms with E-state index < -0.39 is 0 Å². The minimum Gasteiger partial charge on any atom is -0.373 e. The highest BCUT2D eigenvalue weighted by Crippen LogP contribution is 2.25. The van der Waals surface area contributed by atoms with E-state index in [1.54, 1.807) is 0 Å². The number of benzene rings is 1. The number of nitrogens with one attached hydrogen (secondary N) is 2. The van der Waals surface area contributed by atoms with Crippen molar-refractivity contribution in [2.75, 3.05) is 5.32 Å². The lowest BCUT2D eigenvalue weighted by atomic mass is 10.1. The minimum absolute atomic E-state index is 0.0556. The van der Waals surface area contributed by atoms with Gasteiger partial charge in [-0.2, -0.15) is 0 Å². The van der Waals surface area contributed by atoms with Crippen LogP contribution < -0.4 is 10.6 Å². The van der Waals surface area contributed by atoms with Crippen molar-refractivity contribution in [1.82, 2.24) is 9.88 Å². The maximum atomic E-state index is 12.2. The van der Waals surface area contributed by atoms with Crippen LogP contribution in [0.3, 0.4) is 0 Å². The molecule has 2 aromatic rings. The van der Waals surface area contributed by atoms with Crippen LogP contribution in [0.4, 0.5) is 5.69 Å². The van der Waals surface area contributed by atoms with Gasteiger partial charge in [0.25, 0.3) is 0 Å². The number of hydrogen-bond donors (Lipinski definition) is 2. The molecule has 4 heteroatoms. The van der Waals surface area contributed by atoms with E-state index in [2.05, 4.69) is 34.3 Å².